The van der Waals surface area contributed by atoms with Crippen molar-refractivity contribution in [1.82, 2.24) is 10.3 Å². The number of carbonyl (C=O) groups is 1. The van der Waals surface area contributed by atoms with E-state index in [2.05, 4.69) is 10.3 Å². The molecular formula is C17H23Cl2N3O2S. The van der Waals surface area contributed by atoms with Gasteiger partial charge in [0.05, 0.1) is 24.3 Å². The monoisotopic (exact) mass is 403 g/mol. The number of nitrogens with two attached hydrogens (primary N) is 1. The van der Waals surface area contributed by atoms with E-state index in [1.807, 2.05) is 38.1 Å². The number of hydrogen-bond acceptors (Lipinski definition) is 5. The highest BCUT2D eigenvalue weighted by Gasteiger charge is 2.18. The maximum absolute atomic E-state index is 12.1. The van der Waals surface area contributed by atoms with Gasteiger partial charge < -0.3 is 15.8 Å². The number of thiazole rings is 1. The maximum atomic E-state index is 12.1. The van der Waals surface area contributed by atoms with Crippen LogP contribution in [0.3, 0.4) is 0 Å². The SMILES string of the molecule is COC(CN)CC(=O)NC(C)c1nc(-c2ccc(Cl)cc2)c(C)s1.Cl. The summed E-state index contributed by atoms with van der Waals surface area (Å²) in [5, 5.41) is 4.51. The van der Waals surface area contributed by atoms with Crippen molar-refractivity contribution in [3.05, 3.63) is 39.2 Å². The third-order valence-electron chi connectivity index (χ3n) is 3.69. The second-order valence-corrected chi connectivity index (χ2v) is 7.22. The highest BCUT2D eigenvalue weighted by molar-refractivity contribution is 7.12. The average molecular weight is 404 g/mol. The van der Waals surface area contributed by atoms with Crippen molar-refractivity contribution in [3.63, 3.8) is 0 Å². The summed E-state index contributed by atoms with van der Waals surface area (Å²) >= 11 is 7.51. The molecule has 2 rings (SSSR count). The van der Waals surface area contributed by atoms with Crippen LogP contribution in [0.4, 0.5) is 0 Å². The summed E-state index contributed by atoms with van der Waals surface area (Å²) < 4.78 is 5.14. The van der Waals surface area contributed by atoms with Crippen molar-refractivity contribution in [2.24, 2.45) is 5.73 Å². The lowest BCUT2D eigenvalue weighted by Crippen LogP contribution is -2.33. The van der Waals surface area contributed by atoms with Gasteiger partial charge >= 0.3 is 0 Å². The normalized spacial score (nSPS) is 13.0. The first kappa shape index (κ1) is 21.9. The van der Waals surface area contributed by atoms with Crippen LogP contribution in [-0.2, 0) is 9.53 Å². The molecule has 0 radical (unpaired) electrons. The molecule has 1 heterocycles. The third kappa shape index (κ3) is 5.94. The smallest absolute Gasteiger partial charge is 0.223 e. The van der Waals surface area contributed by atoms with Crippen LogP contribution in [0.2, 0.25) is 5.02 Å². The van der Waals surface area contributed by atoms with Gasteiger partial charge in [0, 0.05) is 29.1 Å². The molecule has 1 aromatic heterocycles. The molecule has 25 heavy (non-hydrogen) atoms. The van der Waals surface area contributed by atoms with Gasteiger partial charge in [-0.15, -0.1) is 23.7 Å². The summed E-state index contributed by atoms with van der Waals surface area (Å²) in [4.78, 5) is 17.9. The Hall–Kier alpha value is -1.18. The molecule has 0 saturated carbocycles. The minimum absolute atomic E-state index is 0. The van der Waals surface area contributed by atoms with Gasteiger partial charge in [0.1, 0.15) is 5.01 Å². The number of carbonyl (C=O) groups excluding carboxylic acids is 1. The van der Waals surface area contributed by atoms with Crippen molar-refractivity contribution >= 4 is 41.3 Å². The van der Waals surface area contributed by atoms with E-state index in [9.17, 15) is 4.79 Å². The predicted molar refractivity (Wildman–Crippen MR) is 106 cm³/mol. The number of rotatable bonds is 7. The number of hydrogen-bond donors (Lipinski definition) is 2. The molecule has 0 aliphatic rings. The number of aromatic nitrogens is 1. The molecule has 0 aliphatic carbocycles. The number of halogens is 2. The van der Waals surface area contributed by atoms with E-state index in [4.69, 9.17) is 22.1 Å². The largest absolute Gasteiger partial charge is 0.380 e. The lowest BCUT2D eigenvalue weighted by molar-refractivity contribution is -0.124. The van der Waals surface area contributed by atoms with E-state index < -0.39 is 0 Å². The van der Waals surface area contributed by atoms with Crippen LogP contribution in [0.15, 0.2) is 24.3 Å². The van der Waals surface area contributed by atoms with E-state index in [0.717, 1.165) is 21.1 Å². The fraction of sp³-hybridized carbons (Fsp3) is 0.412. The summed E-state index contributed by atoms with van der Waals surface area (Å²) in [5.41, 5.74) is 7.48. The summed E-state index contributed by atoms with van der Waals surface area (Å²) in [5.74, 6) is -0.0966. The van der Waals surface area contributed by atoms with Crippen molar-refractivity contribution in [1.29, 1.82) is 0 Å². The van der Waals surface area contributed by atoms with Crippen LogP contribution < -0.4 is 11.1 Å². The summed E-state index contributed by atoms with van der Waals surface area (Å²) in [7, 11) is 1.55. The molecule has 8 heteroatoms. The topological polar surface area (TPSA) is 77.2 Å². The second-order valence-electron chi connectivity index (χ2n) is 5.55. The van der Waals surface area contributed by atoms with E-state index in [-0.39, 0.29) is 36.9 Å². The summed E-state index contributed by atoms with van der Waals surface area (Å²) in [6, 6.07) is 7.41. The zero-order valence-corrected chi connectivity index (χ0v) is 16.8. The molecule has 0 fully saturated rings. The Labute approximate surface area is 163 Å². The first-order valence-corrected chi connectivity index (χ1v) is 8.89. The van der Waals surface area contributed by atoms with Gasteiger partial charge in [0.15, 0.2) is 0 Å². The van der Waals surface area contributed by atoms with Crippen LogP contribution in [-0.4, -0.2) is 30.6 Å². The minimum Gasteiger partial charge on any atom is -0.380 e. The molecule has 0 bridgehead atoms. The van der Waals surface area contributed by atoms with Crippen molar-refractivity contribution < 1.29 is 9.53 Å². The molecule has 0 spiro atoms. The van der Waals surface area contributed by atoms with Crippen LogP contribution in [0, 0.1) is 6.92 Å². The van der Waals surface area contributed by atoms with E-state index >= 15 is 0 Å². The lowest BCUT2D eigenvalue weighted by Gasteiger charge is -2.15. The number of methoxy groups -OCH3 is 1. The van der Waals surface area contributed by atoms with Gasteiger partial charge in [-0.1, -0.05) is 23.7 Å². The molecule has 0 aliphatic heterocycles. The third-order valence-corrected chi connectivity index (χ3v) is 5.09. The Morgan fingerprint density at radius 1 is 1.40 bits per heavy atom. The molecular weight excluding hydrogens is 381 g/mol. The molecule has 2 unspecified atom stereocenters. The zero-order chi connectivity index (χ0) is 17.7. The number of amides is 1. The standard InChI is InChI=1S/C17H22ClN3O2S.ClH/c1-10(20-15(22)8-14(9-19)23-3)17-21-16(11(2)24-17)12-4-6-13(18)7-5-12;/h4-7,10,14H,8-9,19H2,1-3H3,(H,20,22);1H. The average Bonchev–Trinajstić information content (AvgIpc) is 2.95. The van der Waals surface area contributed by atoms with Crippen LogP contribution >= 0.6 is 35.3 Å². The van der Waals surface area contributed by atoms with Crippen molar-refractivity contribution in [2.45, 2.75) is 32.4 Å². The summed E-state index contributed by atoms with van der Waals surface area (Å²) in [6.45, 7) is 4.26. The van der Waals surface area contributed by atoms with Gasteiger partial charge in [-0.3, -0.25) is 4.79 Å². The maximum Gasteiger partial charge on any atom is 0.223 e. The molecule has 5 nitrogen and oxygen atoms in total. The first-order valence-electron chi connectivity index (χ1n) is 7.70. The minimum atomic E-state index is -0.264. The first-order chi connectivity index (χ1) is 11.4. The van der Waals surface area contributed by atoms with Gasteiger partial charge in [0.25, 0.3) is 0 Å². The number of nitrogens with zero attached hydrogens (tertiary/aromatic N) is 1. The van der Waals surface area contributed by atoms with Crippen molar-refractivity contribution in [3.8, 4) is 11.3 Å². The molecule has 1 amide bonds. The van der Waals surface area contributed by atoms with Crippen LogP contribution in [0.5, 0.6) is 0 Å². The van der Waals surface area contributed by atoms with E-state index in [1.54, 1.807) is 18.4 Å². The zero-order valence-electron chi connectivity index (χ0n) is 14.4. The van der Waals surface area contributed by atoms with E-state index in [0.29, 0.717) is 11.6 Å². The Balaban J connectivity index is 0.00000312. The highest BCUT2D eigenvalue weighted by atomic mass is 35.5. The number of ether oxygens (including phenoxy) is 1. The number of benzene rings is 1. The molecule has 1 aromatic carbocycles. The molecule has 0 saturated heterocycles. The molecule has 138 valence electrons. The van der Waals surface area contributed by atoms with E-state index in [1.165, 1.54) is 0 Å². The fourth-order valence-electron chi connectivity index (χ4n) is 2.31. The molecule has 2 aromatic rings. The lowest BCUT2D eigenvalue weighted by atomic mass is 10.1. The quantitative estimate of drug-likeness (QED) is 0.737. The van der Waals surface area contributed by atoms with Gasteiger partial charge in [0.2, 0.25) is 5.91 Å². The second kappa shape index (κ2) is 10.1. The highest BCUT2D eigenvalue weighted by Crippen LogP contribution is 2.31. The van der Waals surface area contributed by atoms with Gasteiger partial charge in [-0.2, -0.15) is 0 Å². The summed E-state index contributed by atoms with van der Waals surface area (Å²) in [6.07, 6.45) is -0.0222. The molecule has 2 atom stereocenters. The number of aryl methyl sites for hydroxylation is 1. The Kier molecular flexibility index (Phi) is 8.82. The Bertz CT molecular complexity index is 688. The number of nitrogens with one attached hydrogen (secondary N) is 1. The Morgan fingerprint density at radius 2 is 2.04 bits per heavy atom. The van der Waals surface area contributed by atoms with Crippen LogP contribution in [0.25, 0.3) is 11.3 Å². The van der Waals surface area contributed by atoms with Crippen molar-refractivity contribution in [2.75, 3.05) is 13.7 Å². The van der Waals surface area contributed by atoms with Crippen LogP contribution in [0.1, 0.15) is 29.3 Å². The van der Waals surface area contributed by atoms with Gasteiger partial charge in [-0.05, 0) is 26.0 Å². The molecule has 3 N–H and O–H groups in total. The van der Waals surface area contributed by atoms with Gasteiger partial charge in [-0.25, -0.2) is 4.98 Å². The predicted octanol–water partition coefficient (Wildman–Crippen LogP) is 3.73. The Morgan fingerprint density at radius 3 is 2.60 bits per heavy atom. The fourth-order valence-corrected chi connectivity index (χ4v) is 3.38.